The zero-order valence-corrected chi connectivity index (χ0v) is 16.5. The van der Waals surface area contributed by atoms with Gasteiger partial charge in [-0.3, -0.25) is 9.59 Å². The molecular weight excluding hydrogens is 458 g/mol. The molecule has 0 saturated carbocycles. The van der Waals surface area contributed by atoms with Crippen molar-refractivity contribution in [2.24, 2.45) is 0 Å². The van der Waals surface area contributed by atoms with Gasteiger partial charge < -0.3 is 19.7 Å². The Balaban J connectivity index is 1.70. The number of nitrogens with one attached hydrogen (secondary N) is 1. The Morgan fingerprint density at radius 1 is 1.06 bits per heavy atom. The highest BCUT2D eigenvalue weighted by Crippen LogP contribution is 2.37. The van der Waals surface area contributed by atoms with Gasteiger partial charge in [-0.25, -0.2) is 0 Å². The number of aromatic nitrogens is 1. The molecular formula is C21H14F6N2O4. The van der Waals surface area contributed by atoms with E-state index in [1.165, 1.54) is 16.7 Å². The summed E-state index contributed by atoms with van der Waals surface area (Å²) in [5.74, 6) is -1.50. The lowest BCUT2D eigenvalue weighted by Crippen LogP contribution is -2.35. The van der Waals surface area contributed by atoms with Gasteiger partial charge >= 0.3 is 12.4 Å². The van der Waals surface area contributed by atoms with Crippen molar-refractivity contribution in [1.82, 2.24) is 9.88 Å². The molecule has 0 radical (unpaired) electrons. The Morgan fingerprint density at radius 3 is 2.30 bits per heavy atom. The molecule has 1 aliphatic heterocycles. The molecule has 0 spiro atoms. The monoisotopic (exact) mass is 472 g/mol. The summed E-state index contributed by atoms with van der Waals surface area (Å²) in [6.07, 6.45) is -10.1. The van der Waals surface area contributed by atoms with Crippen molar-refractivity contribution in [3.05, 3.63) is 69.0 Å². The first-order chi connectivity index (χ1) is 15.4. The number of ether oxygens (including phenoxy) is 1. The minimum atomic E-state index is -5.04. The van der Waals surface area contributed by atoms with Gasteiger partial charge in [-0.15, -0.1) is 0 Å². The minimum Gasteiger partial charge on any atom is -0.506 e. The van der Waals surface area contributed by atoms with Crippen molar-refractivity contribution >= 4 is 16.8 Å². The van der Waals surface area contributed by atoms with E-state index >= 15 is 0 Å². The molecule has 0 unspecified atom stereocenters. The van der Waals surface area contributed by atoms with E-state index in [0.29, 0.717) is 17.9 Å². The maximum Gasteiger partial charge on any atom is 0.416 e. The molecule has 0 bridgehead atoms. The zero-order valence-electron chi connectivity index (χ0n) is 16.5. The Morgan fingerprint density at radius 2 is 1.70 bits per heavy atom. The number of carbonyl (C=O) groups is 1. The molecule has 4 rings (SSSR count). The summed E-state index contributed by atoms with van der Waals surface area (Å²) in [5, 5.41) is 12.8. The summed E-state index contributed by atoms with van der Waals surface area (Å²) in [7, 11) is 0. The average molecular weight is 472 g/mol. The number of benzene rings is 2. The van der Waals surface area contributed by atoms with E-state index < -0.39 is 58.4 Å². The molecule has 1 aliphatic rings. The van der Waals surface area contributed by atoms with Gasteiger partial charge in [-0.05, 0) is 35.9 Å². The fraction of sp³-hybridized carbons (Fsp3) is 0.238. The highest BCUT2D eigenvalue weighted by atomic mass is 19.4. The van der Waals surface area contributed by atoms with Gasteiger partial charge in [0.15, 0.2) is 0 Å². The van der Waals surface area contributed by atoms with Crippen molar-refractivity contribution in [3.8, 4) is 11.5 Å². The van der Waals surface area contributed by atoms with Crippen LogP contribution >= 0.6 is 0 Å². The Kier molecular flexibility index (Phi) is 5.26. The van der Waals surface area contributed by atoms with Crippen molar-refractivity contribution in [1.29, 1.82) is 0 Å². The first kappa shape index (κ1) is 22.5. The molecule has 0 atom stereocenters. The van der Waals surface area contributed by atoms with E-state index in [1.54, 1.807) is 6.07 Å². The van der Waals surface area contributed by atoms with E-state index in [9.17, 15) is 41.0 Å². The summed E-state index contributed by atoms with van der Waals surface area (Å²) in [6.45, 7) is -0.538. The van der Waals surface area contributed by atoms with Crippen LogP contribution in [0.25, 0.3) is 10.9 Å². The quantitative estimate of drug-likeness (QED) is 0.564. The molecule has 0 saturated heterocycles. The largest absolute Gasteiger partial charge is 0.506 e. The Hall–Kier alpha value is -3.70. The smallest absolute Gasteiger partial charge is 0.416 e. The minimum absolute atomic E-state index is 0.0305. The van der Waals surface area contributed by atoms with Crippen LogP contribution in [0.2, 0.25) is 0 Å². The third kappa shape index (κ3) is 4.08. The maximum absolute atomic E-state index is 13.0. The number of hydrogen-bond donors (Lipinski definition) is 2. The first-order valence-electron chi connectivity index (χ1n) is 9.46. The highest BCUT2D eigenvalue weighted by molar-refractivity contribution is 6.03. The number of carbonyl (C=O) groups excluding carboxylic acids is 1. The maximum atomic E-state index is 13.0. The van der Waals surface area contributed by atoms with Gasteiger partial charge in [0, 0.05) is 11.9 Å². The standard InChI is InChI=1S/C21H14F6N2O4/c22-20(23,24)11-6-10(7-12(8-11)21(25,26)27)9-28-18(31)15-17(30)13-2-1-3-14-16(13)29(19(15)32)4-5-33-14/h1-3,6-8,30H,4-5,9H2,(H,28,31). The number of rotatable bonds is 3. The average Bonchev–Trinajstić information content (AvgIpc) is 2.74. The number of amides is 1. The van der Waals surface area contributed by atoms with E-state index in [2.05, 4.69) is 5.32 Å². The summed E-state index contributed by atoms with van der Waals surface area (Å²) in [6, 6.07) is 5.45. The van der Waals surface area contributed by atoms with Gasteiger partial charge in [-0.2, -0.15) is 26.3 Å². The van der Waals surface area contributed by atoms with Crippen LogP contribution in [0.4, 0.5) is 26.3 Å². The molecule has 1 amide bonds. The molecule has 33 heavy (non-hydrogen) atoms. The van der Waals surface area contributed by atoms with Gasteiger partial charge in [-0.1, -0.05) is 6.07 Å². The Bertz CT molecular complexity index is 1300. The first-order valence-corrected chi connectivity index (χ1v) is 9.46. The van der Waals surface area contributed by atoms with Crippen molar-refractivity contribution < 1.29 is 41.0 Å². The van der Waals surface area contributed by atoms with Crippen LogP contribution < -0.4 is 15.6 Å². The third-order valence-corrected chi connectivity index (χ3v) is 5.12. The third-order valence-electron chi connectivity index (χ3n) is 5.12. The van der Waals surface area contributed by atoms with Crippen LogP contribution in [-0.2, 0) is 25.4 Å². The Labute approximate surface area is 181 Å². The number of para-hydroxylation sites is 1. The summed E-state index contributed by atoms with van der Waals surface area (Å²) < 4.78 is 84.9. The molecule has 12 heteroatoms. The number of halogens is 6. The summed E-state index contributed by atoms with van der Waals surface area (Å²) in [5.41, 5.74) is -4.82. The number of nitrogens with zero attached hydrogens (tertiary/aromatic N) is 1. The number of aromatic hydroxyl groups is 1. The molecule has 174 valence electrons. The molecule has 3 aromatic rings. The molecule has 2 heterocycles. The van der Waals surface area contributed by atoms with E-state index in [-0.39, 0.29) is 30.1 Å². The van der Waals surface area contributed by atoms with Gasteiger partial charge in [0.05, 0.1) is 23.2 Å². The van der Waals surface area contributed by atoms with E-state index in [4.69, 9.17) is 4.74 Å². The van der Waals surface area contributed by atoms with E-state index in [1.807, 2.05) is 0 Å². The lowest BCUT2D eigenvalue weighted by atomic mass is 10.0. The van der Waals surface area contributed by atoms with Crippen LogP contribution in [0.3, 0.4) is 0 Å². The highest BCUT2D eigenvalue weighted by Gasteiger charge is 2.37. The van der Waals surface area contributed by atoms with Gasteiger partial charge in [0.1, 0.15) is 23.7 Å². The molecule has 0 fully saturated rings. The molecule has 1 aromatic heterocycles. The van der Waals surface area contributed by atoms with Crippen LogP contribution in [0.1, 0.15) is 27.0 Å². The van der Waals surface area contributed by atoms with Crippen LogP contribution in [-0.4, -0.2) is 22.2 Å². The second kappa shape index (κ2) is 7.71. The normalized spacial score (nSPS) is 13.6. The molecule has 0 aliphatic carbocycles. The lowest BCUT2D eigenvalue weighted by Gasteiger charge is -2.22. The second-order valence-electron chi connectivity index (χ2n) is 7.28. The number of hydrogen-bond acceptors (Lipinski definition) is 4. The second-order valence-corrected chi connectivity index (χ2v) is 7.28. The van der Waals surface area contributed by atoms with Gasteiger partial charge in [0.2, 0.25) is 0 Å². The number of alkyl halides is 6. The fourth-order valence-electron chi connectivity index (χ4n) is 3.64. The van der Waals surface area contributed by atoms with E-state index in [0.717, 1.165) is 0 Å². The summed E-state index contributed by atoms with van der Waals surface area (Å²) >= 11 is 0. The lowest BCUT2D eigenvalue weighted by molar-refractivity contribution is -0.143. The predicted molar refractivity (Wildman–Crippen MR) is 103 cm³/mol. The van der Waals surface area contributed by atoms with Crippen LogP contribution in [0, 0.1) is 0 Å². The van der Waals surface area contributed by atoms with Gasteiger partial charge in [0.25, 0.3) is 11.5 Å². The molecule has 2 N–H and O–H groups in total. The fourth-order valence-corrected chi connectivity index (χ4v) is 3.64. The topological polar surface area (TPSA) is 80.6 Å². The van der Waals surface area contributed by atoms with Crippen molar-refractivity contribution in [2.45, 2.75) is 25.4 Å². The van der Waals surface area contributed by atoms with Crippen molar-refractivity contribution in [3.63, 3.8) is 0 Å². The summed E-state index contributed by atoms with van der Waals surface area (Å²) in [4.78, 5) is 25.5. The predicted octanol–water partition coefficient (Wildman–Crippen LogP) is 4.07. The SMILES string of the molecule is O=C(NCc1cc(C(F)(F)F)cc(C(F)(F)F)c1)c1c(O)c2cccc3c2n(c1=O)CCO3. The van der Waals surface area contributed by atoms with Crippen molar-refractivity contribution in [2.75, 3.05) is 6.61 Å². The number of pyridine rings is 1. The zero-order chi connectivity index (χ0) is 24.1. The van der Waals surface area contributed by atoms with Crippen LogP contribution in [0.5, 0.6) is 11.5 Å². The molecule has 2 aromatic carbocycles. The van der Waals surface area contributed by atoms with Crippen LogP contribution in [0.15, 0.2) is 41.2 Å². The molecule has 6 nitrogen and oxygen atoms in total.